The summed E-state index contributed by atoms with van der Waals surface area (Å²) in [4.78, 5) is 0. The van der Waals surface area contributed by atoms with Crippen LogP contribution < -0.4 is 5.32 Å². The van der Waals surface area contributed by atoms with Crippen LogP contribution in [0, 0.1) is 5.82 Å². The third-order valence-electron chi connectivity index (χ3n) is 6.48. The first-order chi connectivity index (χ1) is 14.9. The van der Waals surface area contributed by atoms with E-state index in [2.05, 4.69) is 5.32 Å². The van der Waals surface area contributed by atoms with Crippen LogP contribution in [-0.4, -0.2) is 12.1 Å². The monoisotopic (exact) mass is 461 g/mol. The molecule has 2 fully saturated rings. The second-order valence-electron chi connectivity index (χ2n) is 8.54. The van der Waals surface area contributed by atoms with Crippen molar-refractivity contribution in [3.63, 3.8) is 0 Å². The molecule has 0 radical (unpaired) electrons. The minimum Gasteiger partial charge on any atom is -0.368 e. The minimum absolute atomic E-state index is 0.111. The van der Waals surface area contributed by atoms with Crippen LogP contribution in [0.15, 0.2) is 42.5 Å². The van der Waals surface area contributed by atoms with Gasteiger partial charge in [0.1, 0.15) is 5.82 Å². The zero-order chi connectivity index (χ0) is 23.3. The zero-order valence-electron chi connectivity index (χ0n) is 17.2. The van der Waals surface area contributed by atoms with E-state index in [-0.39, 0.29) is 17.7 Å². The Morgan fingerprint density at radius 3 is 2.06 bits per heavy atom. The van der Waals surface area contributed by atoms with Crippen LogP contribution in [0.1, 0.15) is 61.0 Å². The van der Waals surface area contributed by atoms with Crippen LogP contribution in [0.3, 0.4) is 0 Å². The molecule has 9 heteroatoms. The first kappa shape index (κ1) is 23.0. The van der Waals surface area contributed by atoms with Gasteiger partial charge in [0.25, 0.3) is 0 Å². The lowest BCUT2D eigenvalue weighted by molar-refractivity contribution is -0.143. The van der Waals surface area contributed by atoms with Gasteiger partial charge in [0.2, 0.25) is 0 Å². The quantitative estimate of drug-likeness (QED) is 0.509. The van der Waals surface area contributed by atoms with Crippen molar-refractivity contribution in [3.8, 4) is 0 Å². The van der Waals surface area contributed by atoms with Gasteiger partial charge >= 0.3 is 12.4 Å². The molecule has 2 bridgehead atoms. The number of piperidine rings is 1. The molecule has 32 heavy (non-hydrogen) atoms. The summed E-state index contributed by atoms with van der Waals surface area (Å²) in [7, 11) is 0. The van der Waals surface area contributed by atoms with Crippen molar-refractivity contribution in [2.45, 2.75) is 68.7 Å². The fourth-order valence-corrected chi connectivity index (χ4v) is 4.86. The van der Waals surface area contributed by atoms with Gasteiger partial charge < -0.3 is 10.1 Å². The minimum atomic E-state index is -4.92. The smallest absolute Gasteiger partial charge is 0.368 e. The number of nitrogens with one attached hydrogen (secondary N) is 1. The van der Waals surface area contributed by atoms with Gasteiger partial charge in [0.05, 0.1) is 28.9 Å². The Labute approximate surface area is 180 Å². The second kappa shape index (κ2) is 8.02. The summed E-state index contributed by atoms with van der Waals surface area (Å²) in [6.45, 7) is 1.45. The average molecular weight is 461 g/mol. The van der Waals surface area contributed by atoms with Crippen LogP contribution in [0.25, 0.3) is 0 Å². The Morgan fingerprint density at radius 2 is 1.50 bits per heavy atom. The first-order valence-corrected chi connectivity index (χ1v) is 10.4. The number of alkyl halides is 6. The van der Waals surface area contributed by atoms with Gasteiger partial charge in [-0.25, -0.2) is 4.39 Å². The zero-order valence-corrected chi connectivity index (χ0v) is 17.2. The van der Waals surface area contributed by atoms with Crippen LogP contribution >= 0.6 is 0 Å². The molecule has 0 aliphatic carbocycles. The average Bonchev–Trinajstić information content (AvgIpc) is 3.08. The number of halogens is 7. The van der Waals surface area contributed by atoms with Crippen molar-refractivity contribution in [2.24, 2.45) is 0 Å². The largest absolute Gasteiger partial charge is 0.416 e. The van der Waals surface area contributed by atoms with Crippen LogP contribution in [-0.2, 0) is 22.6 Å². The number of ether oxygens (including phenoxy) is 1. The standard InChI is InChI=1S/C23H22F7NO/c1-13(14-10-16(22(25,26)27)12-17(11-14)23(28,29)30)32-20-7-6-19-8-9-21(20,31-19)15-2-4-18(24)5-3-15/h2-5,10-13,19-20,31H,6-9H2,1H3/t13-,19-,20+,21+/m0/s1. The van der Waals surface area contributed by atoms with Gasteiger partial charge in [0, 0.05) is 6.04 Å². The van der Waals surface area contributed by atoms with Crippen molar-refractivity contribution in [1.82, 2.24) is 5.32 Å². The van der Waals surface area contributed by atoms with Crippen LogP contribution in [0.2, 0.25) is 0 Å². The maximum atomic E-state index is 13.5. The van der Waals surface area contributed by atoms with Crippen molar-refractivity contribution in [2.75, 3.05) is 0 Å². The van der Waals surface area contributed by atoms with E-state index < -0.39 is 47.0 Å². The molecule has 0 aromatic heterocycles. The Bertz CT molecular complexity index is 938. The Hall–Kier alpha value is -2.13. The molecule has 4 atom stereocenters. The highest BCUT2D eigenvalue weighted by Crippen LogP contribution is 2.46. The summed E-state index contributed by atoms with van der Waals surface area (Å²) in [5, 5.41) is 3.51. The molecular formula is C23H22F7NO. The summed E-state index contributed by atoms with van der Waals surface area (Å²) in [6, 6.07) is 7.70. The van der Waals surface area contributed by atoms with Crippen LogP contribution in [0.5, 0.6) is 0 Å². The molecular weight excluding hydrogens is 439 g/mol. The first-order valence-electron chi connectivity index (χ1n) is 10.4. The molecule has 2 aliphatic heterocycles. The Morgan fingerprint density at radius 1 is 0.906 bits per heavy atom. The van der Waals surface area contributed by atoms with Gasteiger partial charge in [-0.05, 0) is 74.1 Å². The van der Waals surface area contributed by atoms with Crippen molar-refractivity contribution in [1.29, 1.82) is 0 Å². The van der Waals surface area contributed by atoms with Gasteiger partial charge in [0.15, 0.2) is 0 Å². The SMILES string of the molecule is C[C@H](O[C@@H]1CC[C@H]2CC[C@]1(c1ccc(F)cc1)N2)c1cc(C(F)(F)F)cc(C(F)(F)F)c1. The van der Waals surface area contributed by atoms with Gasteiger partial charge in [-0.3, -0.25) is 0 Å². The third kappa shape index (κ3) is 4.37. The topological polar surface area (TPSA) is 21.3 Å². The number of hydrogen-bond donors (Lipinski definition) is 1. The summed E-state index contributed by atoms with van der Waals surface area (Å²) in [5.74, 6) is -0.398. The van der Waals surface area contributed by atoms with Gasteiger partial charge in [-0.2, -0.15) is 26.3 Å². The summed E-state index contributed by atoms with van der Waals surface area (Å²) >= 11 is 0. The normalized spacial score (nSPS) is 26.9. The van der Waals surface area contributed by atoms with Crippen molar-refractivity contribution in [3.05, 3.63) is 70.5 Å². The van der Waals surface area contributed by atoms with Gasteiger partial charge in [-0.15, -0.1) is 0 Å². The molecule has 0 saturated carbocycles. The third-order valence-corrected chi connectivity index (χ3v) is 6.48. The molecule has 174 valence electrons. The molecule has 0 unspecified atom stereocenters. The molecule has 2 heterocycles. The lowest BCUT2D eigenvalue weighted by Gasteiger charge is -2.43. The van der Waals surface area contributed by atoms with E-state index in [4.69, 9.17) is 4.74 Å². The fourth-order valence-electron chi connectivity index (χ4n) is 4.86. The maximum absolute atomic E-state index is 13.5. The highest BCUT2D eigenvalue weighted by molar-refractivity contribution is 5.35. The van der Waals surface area contributed by atoms with Gasteiger partial charge in [-0.1, -0.05) is 12.1 Å². The Kier molecular flexibility index (Phi) is 5.78. The molecule has 1 N–H and O–H groups in total. The number of hydrogen-bond acceptors (Lipinski definition) is 2. The van der Waals surface area contributed by atoms with E-state index in [1.165, 1.54) is 19.1 Å². The molecule has 2 saturated heterocycles. The highest BCUT2D eigenvalue weighted by Gasteiger charge is 2.50. The predicted octanol–water partition coefficient (Wildman–Crippen LogP) is 6.75. The summed E-state index contributed by atoms with van der Waals surface area (Å²) in [6.07, 6.45) is -8.46. The fraction of sp³-hybridized carbons (Fsp3) is 0.478. The number of fused-ring (bicyclic) bond motifs is 2. The lowest BCUT2D eigenvalue weighted by atomic mass is 9.80. The molecule has 2 nitrogen and oxygen atoms in total. The molecule has 2 aromatic carbocycles. The van der Waals surface area contributed by atoms with E-state index >= 15 is 0 Å². The molecule has 0 amide bonds. The molecule has 2 aromatic rings. The summed E-state index contributed by atoms with van der Waals surface area (Å²) < 4.78 is 99.1. The summed E-state index contributed by atoms with van der Waals surface area (Å²) in [5.41, 5.74) is -2.80. The molecule has 0 spiro atoms. The van der Waals surface area contributed by atoms with Crippen molar-refractivity contribution < 1.29 is 35.5 Å². The van der Waals surface area contributed by atoms with E-state index in [0.717, 1.165) is 18.4 Å². The number of rotatable bonds is 4. The number of benzene rings is 2. The molecule has 4 rings (SSSR count). The second-order valence-corrected chi connectivity index (χ2v) is 8.54. The van der Waals surface area contributed by atoms with E-state index in [1.807, 2.05) is 0 Å². The highest BCUT2D eigenvalue weighted by atomic mass is 19.4. The van der Waals surface area contributed by atoms with Crippen molar-refractivity contribution >= 4 is 0 Å². The molecule has 2 aliphatic rings. The van der Waals surface area contributed by atoms with E-state index in [1.54, 1.807) is 12.1 Å². The lowest BCUT2D eigenvalue weighted by Crippen LogP contribution is -2.54. The Balaban J connectivity index is 1.66. The van der Waals surface area contributed by atoms with E-state index in [0.29, 0.717) is 25.0 Å². The van der Waals surface area contributed by atoms with Crippen LogP contribution in [0.4, 0.5) is 30.7 Å². The predicted molar refractivity (Wildman–Crippen MR) is 103 cm³/mol. The van der Waals surface area contributed by atoms with E-state index in [9.17, 15) is 30.7 Å². The maximum Gasteiger partial charge on any atom is 0.416 e.